The molecule has 0 saturated carbocycles. The number of nitrogens with zero attached hydrogens (tertiary/aromatic N) is 2. The van der Waals surface area contributed by atoms with Crippen LogP contribution in [0.2, 0.25) is 0 Å². The van der Waals surface area contributed by atoms with Crippen molar-refractivity contribution >= 4 is 34.5 Å². The van der Waals surface area contributed by atoms with Crippen LogP contribution in [0.1, 0.15) is 22.5 Å². The van der Waals surface area contributed by atoms with Crippen LogP contribution in [0.4, 0.5) is 11.4 Å². The van der Waals surface area contributed by atoms with Gasteiger partial charge < -0.3 is 19.9 Å². The molecular weight excluding hydrogens is 362 g/mol. The maximum absolute atomic E-state index is 12.8. The van der Waals surface area contributed by atoms with Gasteiger partial charge in [0.15, 0.2) is 0 Å². The van der Waals surface area contributed by atoms with E-state index in [0.717, 1.165) is 44.1 Å². The Morgan fingerprint density at radius 2 is 1.85 bits per heavy atom. The fourth-order valence-corrected chi connectivity index (χ4v) is 4.31. The molecule has 0 spiro atoms. The predicted molar refractivity (Wildman–Crippen MR) is 106 cm³/mol. The zero-order valence-electron chi connectivity index (χ0n) is 15.1. The first kappa shape index (κ1) is 18.0. The maximum Gasteiger partial charge on any atom is 0.264 e. The minimum absolute atomic E-state index is 0.0506. The number of thiophene rings is 1. The highest BCUT2D eigenvalue weighted by atomic mass is 32.1. The first-order valence-corrected chi connectivity index (χ1v) is 10.2. The van der Waals surface area contributed by atoms with Crippen molar-refractivity contribution in [3.05, 3.63) is 46.7 Å². The molecule has 0 unspecified atom stereocenters. The number of hydrogen-bond donors (Lipinski definition) is 1. The van der Waals surface area contributed by atoms with E-state index in [4.69, 9.17) is 4.74 Å². The second kappa shape index (κ2) is 8.10. The molecule has 2 amide bonds. The molecule has 0 aliphatic carbocycles. The van der Waals surface area contributed by atoms with Crippen LogP contribution in [0.25, 0.3) is 0 Å². The van der Waals surface area contributed by atoms with E-state index < -0.39 is 6.04 Å². The molecule has 3 heterocycles. The smallest absolute Gasteiger partial charge is 0.264 e. The lowest BCUT2D eigenvalue weighted by molar-refractivity contribution is -0.119. The summed E-state index contributed by atoms with van der Waals surface area (Å²) in [5.41, 5.74) is 1.89. The van der Waals surface area contributed by atoms with Gasteiger partial charge in [-0.15, -0.1) is 11.3 Å². The van der Waals surface area contributed by atoms with Crippen LogP contribution >= 0.6 is 11.3 Å². The Kier molecular flexibility index (Phi) is 5.40. The number of ether oxygens (including phenoxy) is 1. The van der Waals surface area contributed by atoms with Crippen LogP contribution in [0.3, 0.4) is 0 Å². The first-order valence-electron chi connectivity index (χ1n) is 9.30. The number of carbonyl (C=O) groups is 2. The lowest BCUT2D eigenvalue weighted by Crippen LogP contribution is -2.43. The van der Waals surface area contributed by atoms with Gasteiger partial charge in [-0.2, -0.15) is 0 Å². The largest absolute Gasteiger partial charge is 0.378 e. The third-order valence-electron chi connectivity index (χ3n) is 5.06. The second-order valence-electron chi connectivity index (χ2n) is 6.77. The van der Waals surface area contributed by atoms with Gasteiger partial charge in [0.05, 0.1) is 18.1 Å². The summed E-state index contributed by atoms with van der Waals surface area (Å²) in [5, 5.41) is 4.85. The van der Waals surface area contributed by atoms with Gasteiger partial charge in [0, 0.05) is 31.0 Å². The molecule has 0 radical (unpaired) electrons. The van der Waals surface area contributed by atoms with Crippen molar-refractivity contribution in [2.24, 2.45) is 0 Å². The maximum atomic E-state index is 12.8. The number of likely N-dealkylation sites (tertiary alicyclic amines) is 1. The van der Waals surface area contributed by atoms with Gasteiger partial charge in [-0.05, 0) is 48.6 Å². The van der Waals surface area contributed by atoms with Gasteiger partial charge in [-0.25, -0.2) is 0 Å². The molecule has 1 atom stereocenters. The third kappa shape index (κ3) is 3.99. The minimum atomic E-state index is -0.404. The molecule has 1 aromatic heterocycles. The molecular formula is C20H23N3O3S. The van der Waals surface area contributed by atoms with E-state index in [0.29, 0.717) is 17.8 Å². The van der Waals surface area contributed by atoms with Gasteiger partial charge >= 0.3 is 0 Å². The Balaban J connectivity index is 1.40. The quantitative estimate of drug-likeness (QED) is 0.879. The molecule has 1 aromatic carbocycles. The molecule has 2 aromatic rings. The Labute approximate surface area is 162 Å². The number of nitrogens with one attached hydrogen (secondary N) is 1. The van der Waals surface area contributed by atoms with Crippen molar-refractivity contribution < 1.29 is 14.3 Å². The Morgan fingerprint density at radius 3 is 2.56 bits per heavy atom. The minimum Gasteiger partial charge on any atom is -0.378 e. The first-order chi connectivity index (χ1) is 13.2. The Bertz CT molecular complexity index is 785. The summed E-state index contributed by atoms with van der Waals surface area (Å²) in [6, 6.07) is 11.1. The zero-order valence-corrected chi connectivity index (χ0v) is 15.9. The van der Waals surface area contributed by atoms with Crippen molar-refractivity contribution in [1.82, 2.24) is 4.90 Å². The summed E-state index contributed by atoms with van der Waals surface area (Å²) >= 11 is 1.41. The summed E-state index contributed by atoms with van der Waals surface area (Å²) in [6.07, 6.45) is 1.56. The van der Waals surface area contributed by atoms with E-state index in [1.165, 1.54) is 11.3 Å². The van der Waals surface area contributed by atoms with Gasteiger partial charge in [0.25, 0.3) is 5.91 Å². The fourth-order valence-electron chi connectivity index (χ4n) is 3.63. The number of anilines is 2. The van der Waals surface area contributed by atoms with Crippen LogP contribution in [-0.2, 0) is 9.53 Å². The van der Waals surface area contributed by atoms with Crippen molar-refractivity contribution in [1.29, 1.82) is 0 Å². The Morgan fingerprint density at radius 1 is 1.07 bits per heavy atom. The number of amides is 2. The van der Waals surface area contributed by atoms with Crippen molar-refractivity contribution in [3.8, 4) is 0 Å². The topological polar surface area (TPSA) is 61.9 Å². The van der Waals surface area contributed by atoms with E-state index in [2.05, 4.69) is 10.2 Å². The van der Waals surface area contributed by atoms with Gasteiger partial charge in [-0.3, -0.25) is 9.59 Å². The number of morpholine rings is 1. The molecule has 4 rings (SSSR count). The van der Waals surface area contributed by atoms with Crippen LogP contribution in [0.5, 0.6) is 0 Å². The molecule has 1 N–H and O–H groups in total. The van der Waals surface area contributed by atoms with Crippen LogP contribution in [0.15, 0.2) is 41.8 Å². The van der Waals surface area contributed by atoms with E-state index >= 15 is 0 Å². The molecule has 2 aliphatic rings. The van der Waals surface area contributed by atoms with Gasteiger partial charge in [0.1, 0.15) is 6.04 Å². The number of rotatable bonds is 4. The summed E-state index contributed by atoms with van der Waals surface area (Å²) in [4.78, 5) is 30.0. The van der Waals surface area contributed by atoms with Crippen LogP contribution in [0, 0.1) is 0 Å². The molecule has 2 fully saturated rings. The van der Waals surface area contributed by atoms with Crippen molar-refractivity contribution in [3.63, 3.8) is 0 Å². The molecule has 27 heavy (non-hydrogen) atoms. The molecule has 142 valence electrons. The molecule has 7 heteroatoms. The van der Waals surface area contributed by atoms with E-state index in [1.807, 2.05) is 41.8 Å². The van der Waals surface area contributed by atoms with Crippen LogP contribution in [-0.4, -0.2) is 55.6 Å². The lowest BCUT2D eigenvalue weighted by Gasteiger charge is -2.29. The molecule has 2 aliphatic heterocycles. The zero-order chi connectivity index (χ0) is 18.6. The number of carbonyl (C=O) groups excluding carboxylic acids is 2. The van der Waals surface area contributed by atoms with Gasteiger partial charge in [0.2, 0.25) is 5.91 Å². The summed E-state index contributed by atoms with van der Waals surface area (Å²) < 4.78 is 5.38. The third-order valence-corrected chi connectivity index (χ3v) is 5.92. The standard InChI is InChI=1S/C20H23N3O3S/c24-19(17-3-1-9-23(17)20(25)18-4-2-14-27-18)21-15-5-7-16(8-6-15)22-10-12-26-13-11-22/h2,4-8,14,17H,1,3,9-13H2,(H,21,24)/t17-/m0/s1. The number of benzene rings is 1. The summed E-state index contributed by atoms with van der Waals surface area (Å²) in [6.45, 7) is 3.88. The van der Waals surface area contributed by atoms with E-state index in [1.54, 1.807) is 4.90 Å². The normalized spacial score (nSPS) is 19.9. The summed E-state index contributed by atoms with van der Waals surface area (Å²) in [7, 11) is 0. The predicted octanol–water partition coefficient (Wildman–Crippen LogP) is 2.83. The van der Waals surface area contributed by atoms with Crippen molar-refractivity contribution in [2.75, 3.05) is 43.1 Å². The fraction of sp³-hybridized carbons (Fsp3) is 0.400. The SMILES string of the molecule is O=C(Nc1ccc(N2CCOCC2)cc1)[C@@H]1CCCN1C(=O)c1cccs1. The highest BCUT2D eigenvalue weighted by molar-refractivity contribution is 7.12. The number of hydrogen-bond acceptors (Lipinski definition) is 5. The van der Waals surface area contributed by atoms with Crippen LogP contribution < -0.4 is 10.2 Å². The molecule has 2 saturated heterocycles. The van der Waals surface area contributed by atoms with E-state index in [9.17, 15) is 9.59 Å². The molecule has 6 nitrogen and oxygen atoms in total. The highest BCUT2D eigenvalue weighted by Gasteiger charge is 2.34. The van der Waals surface area contributed by atoms with E-state index in [-0.39, 0.29) is 11.8 Å². The van der Waals surface area contributed by atoms with Crippen molar-refractivity contribution in [2.45, 2.75) is 18.9 Å². The average molecular weight is 385 g/mol. The monoisotopic (exact) mass is 385 g/mol. The second-order valence-corrected chi connectivity index (χ2v) is 7.72. The lowest BCUT2D eigenvalue weighted by atomic mass is 10.2. The summed E-state index contributed by atoms with van der Waals surface area (Å²) in [5.74, 6) is -0.165. The highest BCUT2D eigenvalue weighted by Crippen LogP contribution is 2.24. The van der Waals surface area contributed by atoms with Gasteiger partial charge in [-0.1, -0.05) is 6.07 Å². The Hall–Kier alpha value is -2.38. The molecule has 0 bridgehead atoms. The average Bonchev–Trinajstić information content (AvgIpc) is 3.41.